The highest BCUT2D eigenvalue weighted by molar-refractivity contribution is 6.30. The lowest BCUT2D eigenvalue weighted by Gasteiger charge is -2.37. The maximum Gasteiger partial charge on any atom is 0.225 e. The van der Waals surface area contributed by atoms with Gasteiger partial charge >= 0.3 is 0 Å². The molecule has 0 spiro atoms. The zero-order valence-electron chi connectivity index (χ0n) is 11.7. The SMILES string of the molecule is NCc1cc(Cl)ccc1N1CCN(c2ncccn2)CC1. The third-order valence-corrected chi connectivity index (χ3v) is 3.95. The molecule has 0 radical (unpaired) electrons. The number of halogens is 1. The smallest absolute Gasteiger partial charge is 0.225 e. The third-order valence-electron chi connectivity index (χ3n) is 3.72. The average Bonchev–Trinajstić information content (AvgIpc) is 2.56. The fraction of sp³-hybridized carbons (Fsp3) is 0.333. The van der Waals surface area contributed by atoms with Crippen LogP contribution in [0.4, 0.5) is 11.6 Å². The number of anilines is 2. The second-order valence-electron chi connectivity index (χ2n) is 5.00. The molecule has 1 aliphatic rings. The highest BCUT2D eigenvalue weighted by atomic mass is 35.5. The first-order valence-electron chi connectivity index (χ1n) is 7.03. The zero-order chi connectivity index (χ0) is 14.7. The van der Waals surface area contributed by atoms with Gasteiger partial charge in [-0.25, -0.2) is 9.97 Å². The first-order chi connectivity index (χ1) is 10.3. The molecule has 0 atom stereocenters. The summed E-state index contributed by atoms with van der Waals surface area (Å²) >= 11 is 6.04. The molecule has 0 amide bonds. The van der Waals surface area contributed by atoms with Gasteiger partial charge in [-0.05, 0) is 29.8 Å². The molecule has 0 unspecified atom stereocenters. The zero-order valence-corrected chi connectivity index (χ0v) is 12.5. The van der Waals surface area contributed by atoms with Crippen LogP contribution in [0.15, 0.2) is 36.7 Å². The number of piperazine rings is 1. The minimum absolute atomic E-state index is 0.498. The van der Waals surface area contributed by atoms with Crippen LogP contribution in [0.3, 0.4) is 0 Å². The van der Waals surface area contributed by atoms with Crippen molar-refractivity contribution in [3.63, 3.8) is 0 Å². The normalized spacial score (nSPS) is 15.3. The van der Waals surface area contributed by atoms with E-state index in [1.165, 1.54) is 5.69 Å². The van der Waals surface area contributed by atoms with Gasteiger partial charge < -0.3 is 15.5 Å². The molecule has 1 aromatic heterocycles. The molecule has 1 saturated heterocycles. The molecule has 21 heavy (non-hydrogen) atoms. The Labute approximate surface area is 129 Å². The van der Waals surface area contributed by atoms with E-state index in [-0.39, 0.29) is 0 Å². The first-order valence-corrected chi connectivity index (χ1v) is 7.41. The minimum atomic E-state index is 0.498. The lowest BCUT2D eigenvalue weighted by Crippen LogP contribution is -2.47. The molecule has 3 rings (SSSR count). The maximum absolute atomic E-state index is 6.04. The Morgan fingerprint density at radius 3 is 2.38 bits per heavy atom. The summed E-state index contributed by atoms with van der Waals surface area (Å²) in [4.78, 5) is 13.2. The number of benzene rings is 1. The summed E-state index contributed by atoms with van der Waals surface area (Å²) in [6.45, 7) is 4.14. The molecule has 110 valence electrons. The lowest BCUT2D eigenvalue weighted by atomic mass is 10.1. The largest absolute Gasteiger partial charge is 0.368 e. The van der Waals surface area contributed by atoms with Crippen LogP contribution >= 0.6 is 11.6 Å². The van der Waals surface area contributed by atoms with Crippen LogP contribution < -0.4 is 15.5 Å². The molecule has 1 aliphatic heterocycles. The molecule has 1 aromatic carbocycles. The minimum Gasteiger partial charge on any atom is -0.368 e. The molecule has 0 aliphatic carbocycles. The summed E-state index contributed by atoms with van der Waals surface area (Å²) < 4.78 is 0. The molecule has 2 aromatic rings. The van der Waals surface area contributed by atoms with Crippen molar-refractivity contribution >= 4 is 23.2 Å². The Balaban J connectivity index is 1.71. The van der Waals surface area contributed by atoms with Crippen LogP contribution in [0.5, 0.6) is 0 Å². The number of aromatic nitrogens is 2. The fourth-order valence-corrected chi connectivity index (χ4v) is 2.82. The molecule has 0 saturated carbocycles. The molecule has 6 heteroatoms. The van der Waals surface area contributed by atoms with E-state index in [0.29, 0.717) is 6.54 Å². The topological polar surface area (TPSA) is 58.3 Å². The van der Waals surface area contributed by atoms with Crippen molar-refractivity contribution < 1.29 is 0 Å². The van der Waals surface area contributed by atoms with Crippen LogP contribution in [0.1, 0.15) is 5.56 Å². The van der Waals surface area contributed by atoms with Crippen LogP contribution in [0.2, 0.25) is 5.02 Å². The number of nitrogens with zero attached hydrogens (tertiary/aromatic N) is 4. The predicted molar refractivity (Wildman–Crippen MR) is 85.8 cm³/mol. The van der Waals surface area contributed by atoms with E-state index >= 15 is 0 Å². The summed E-state index contributed by atoms with van der Waals surface area (Å²) in [5, 5.41) is 0.732. The highest BCUT2D eigenvalue weighted by Gasteiger charge is 2.20. The van der Waals surface area contributed by atoms with E-state index in [0.717, 1.165) is 42.7 Å². The molecule has 5 nitrogen and oxygen atoms in total. The van der Waals surface area contributed by atoms with Crippen molar-refractivity contribution in [1.82, 2.24) is 9.97 Å². The van der Waals surface area contributed by atoms with Crippen LogP contribution in [-0.4, -0.2) is 36.1 Å². The average molecular weight is 304 g/mol. The quantitative estimate of drug-likeness (QED) is 0.939. The van der Waals surface area contributed by atoms with Gasteiger partial charge in [0.1, 0.15) is 0 Å². The standard InChI is InChI=1S/C15H18ClN5/c16-13-2-3-14(12(10-13)11-17)20-6-8-21(9-7-20)15-18-4-1-5-19-15/h1-5,10H,6-9,11,17H2. The number of nitrogens with two attached hydrogens (primary N) is 1. The van der Waals surface area contributed by atoms with E-state index in [1.54, 1.807) is 12.4 Å². The highest BCUT2D eigenvalue weighted by Crippen LogP contribution is 2.25. The van der Waals surface area contributed by atoms with E-state index in [4.69, 9.17) is 17.3 Å². The first kappa shape index (κ1) is 14.1. The fourth-order valence-electron chi connectivity index (χ4n) is 2.63. The van der Waals surface area contributed by atoms with E-state index < -0.39 is 0 Å². The molecular weight excluding hydrogens is 286 g/mol. The van der Waals surface area contributed by atoms with Crippen molar-refractivity contribution in [2.45, 2.75) is 6.54 Å². The number of rotatable bonds is 3. The van der Waals surface area contributed by atoms with Gasteiger partial charge in [-0.3, -0.25) is 0 Å². The Kier molecular flexibility index (Phi) is 4.22. The molecule has 0 bridgehead atoms. The molecule has 1 fully saturated rings. The van der Waals surface area contributed by atoms with E-state index in [2.05, 4.69) is 25.8 Å². The predicted octanol–water partition coefficient (Wildman–Crippen LogP) is 1.92. The van der Waals surface area contributed by atoms with Crippen molar-refractivity contribution in [1.29, 1.82) is 0 Å². The van der Waals surface area contributed by atoms with Gasteiger partial charge in [-0.2, -0.15) is 0 Å². The summed E-state index contributed by atoms with van der Waals surface area (Å²) in [6, 6.07) is 7.76. The van der Waals surface area contributed by atoms with E-state index in [9.17, 15) is 0 Å². The van der Waals surface area contributed by atoms with Gasteiger partial charge in [0.25, 0.3) is 0 Å². The molecule has 2 N–H and O–H groups in total. The van der Waals surface area contributed by atoms with Gasteiger partial charge in [-0.15, -0.1) is 0 Å². The van der Waals surface area contributed by atoms with Crippen molar-refractivity contribution in [2.24, 2.45) is 5.73 Å². The van der Waals surface area contributed by atoms with Gasteiger partial charge in [0.2, 0.25) is 5.95 Å². The second-order valence-corrected chi connectivity index (χ2v) is 5.44. The summed E-state index contributed by atoms with van der Waals surface area (Å²) in [7, 11) is 0. The van der Waals surface area contributed by atoms with Gasteiger partial charge in [0, 0.05) is 55.8 Å². The Hall–Kier alpha value is -1.85. The molecule has 2 heterocycles. The van der Waals surface area contributed by atoms with Crippen molar-refractivity contribution in [2.75, 3.05) is 36.0 Å². The summed E-state index contributed by atoms with van der Waals surface area (Å²) in [6.07, 6.45) is 3.56. The Morgan fingerprint density at radius 1 is 1.05 bits per heavy atom. The van der Waals surface area contributed by atoms with Gasteiger partial charge in [0.05, 0.1) is 0 Å². The third kappa shape index (κ3) is 3.09. The number of hydrogen-bond donors (Lipinski definition) is 1. The number of hydrogen-bond acceptors (Lipinski definition) is 5. The summed E-state index contributed by atoms with van der Waals surface area (Å²) in [5.41, 5.74) is 8.09. The van der Waals surface area contributed by atoms with Crippen LogP contribution in [0.25, 0.3) is 0 Å². The van der Waals surface area contributed by atoms with Gasteiger partial charge in [0.15, 0.2) is 0 Å². The van der Waals surface area contributed by atoms with E-state index in [1.807, 2.05) is 18.2 Å². The second kappa shape index (κ2) is 6.28. The van der Waals surface area contributed by atoms with Crippen molar-refractivity contribution in [3.8, 4) is 0 Å². The molecular formula is C15H18ClN5. The van der Waals surface area contributed by atoms with Crippen LogP contribution in [0, 0.1) is 0 Å². The van der Waals surface area contributed by atoms with Gasteiger partial charge in [-0.1, -0.05) is 11.6 Å². The lowest BCUT2D eigenvalue weighted by molar-refractivity contribution is 0.638. The monoisotopic (exact) mass is 303 g/mol. The van der Waals surface area contributed by atoms with Crippen LogP contribution in [-0.2, 0) is 6.54 Å². The Bertz CT molecular complexity index is 596. The van der Waals surface area contributed by atoms with Crippen molar-refractivity contribution in [3.05, 3.63) is 47.2 Å². The summed E-state index contributed by atoms with van der Waals surface area (Å²) in [5.74, 6) is 0.798. The maximum atomic E-state index is 6.04. The Morgan fingerprint density at radius 2 is 1.71 bits per heavy atom.